The van der Waals surface area contributed by atoms with Gasteiger partial charge in [0.15, 0.2) is 5.16 Å². The lowest BCUT2D eigenvalue weighted by Crippen LogP contribution is -1.89. The highest BCUT2D eigenvalue weighted by Gasteiger charge is 2.01. The van der Waals surface area contributed by atoms with E-state index in [1.807, 2.05) is 19.1 Å². The number of nitriles is 1. The maximum Gasteiger partial charge on any atom is 0.194 e. The largest absolute Gasteiger partial charge is 0.248 e. The number of hydrogen-bond acceptors (Lipinski definition) is 5. The Morgan fingerprint density at radius 3 is 2.75 bits per heavy atom. The van der Waals surface area contributed by atoms with Crippen LogP contribution in [0, 0.1) is 18.3 Å². The first-order valence-corrected chi connectivity index (χ1v) is 5.43. The first kappa shape index (κ1) is 10.6. The fraction of sp³-hybridized carbons (Fsp3) is 0.0909. The van der Waals surface area contributed by atoms with Gasteiger partial charge in [0, 0.05) is 18.1 Å². The highest BCUT2D eigenvalue weighted by molar-refractivity contribution is 7.99. The van der Waals surface area contributed by atoms with Crippen molar-refractivity contribution in [1.29, 1.82) is 5.26 Å². The van der Waals surface area contributed by atoms with Crippen LogP contribution < -0.4 is 0 Å². The maximum atomic E-state index is 8.63. The summed E-state index contributed by atoms with van der Waals surface area (Å²) in [5.41, 5.74) is 1.47. The molecule has 5 heteroatoms. The van der Waals surface area contributed by atoms with Crippen molar-refractivity contribution in [1.82, 2.24) is 15.0 Å². The Balaban J connectivity index is 2.18. The zero-order valence-corrected chi connectivity index (χ0v) is 9.40. The number of rotatable bonds is 2. The van der Waals surface area contributed by atoms with Crippen molar-refractivity contribution in [3.05, 3.63) is 41.9 Å². The van der Waals surface area contributed by atoms with Gasteiger partial charge in [-0.05, 0) is 36.9 Å². The molecule has 0 fully saturated rings. The quantitative estimate of drug-likeness (QED) is 0.737. The molecule has 0 unspecified atom stereocenters. The first-order chi connectivity index (χ1) is 7.78. The highest BCUT2D eigenvalue weighted by atomic mass is 32.2. The van der Waals surface area contributed by atoms with Gasteiger partial charge in [0.05, 0.1) is 5.56 Å². The standard InChI is InChI=1S/C11H8N4S/c1-8-4-5-13-11(15-8)16-10-3-2-9(6-12)7-14-10/h2-5,7H,1H3. The van der Waals surface area contributed by atoms with Crippen molar-refractivity contribution in [2.45, 2.75) is 17.1 Å². The Hall–Kier alpha value is -1.93. The summed E-state index contributed by atoms with van der Waals surface area (Å²) in [6.07, 6.45) is 3.26. The molecule has 0 aliphatic carbocycles. The van der Waals surface area contributed by atoms with E-state index < -0.39 is 0 Å². The Labute approximate surface area is 97.4 Å². The minimum Gasteiger partial charge on any atom is -0.248 e. The van der Waals surface area contributed by atoms with Crippen LogP contribution in [0.3, 0.4) is 0 Å². The van der Waals surface area contributed by atoms with Crippen molar-refractivity contribution < 1.29 is 0 Å². The molecule has 0 radical (unpaired) electrons. The van der Waals surface area contributed by atoms with Crippen molar-refractivity contribution in [2.75, 3.05) is 0 Å². The Morgan fingerprint density at radius 2 is 2.12 bits per heavy atom. The Bertz CT molecular complexity index is 530. The van der Waals surface area contributed by atoms with Gasteiger partial charge in [-0.25, -0.2) is 15.0 Å². The zero-order valence-electron chi connectivity index (χ0n) is 8.58. The number of hydrogen-bond donors (Lipinski definition) is 0. The van der Waals surface area contributed by atoms with Gasteiger partial charge >= 0.3 is 0 Å². The van der Waals surface area contributed by atoms with Crippen LogP contribution in [0.15, 0.2) is 40.8 Å². The van der Waals surface area contributed by atoms with E-state index >= 15 is 0 Å². The van der Waals surface area contributed by atoms with Crippen LogP contribution in [0.1, 0.15) is 11.3 Å². The minimum atomic E-state index is 0.550. The van der Waals surface area contributed by atoms with Crippen LogP contribution >= 0.6 is 11.8 Å². The summed E-state index contributed by atoms with van der Waals surface area (Å²) in [5, 5.41) is 10.1. The molecule has 4 nitrogen and oxygen atoms in total. The molecule has 16 heavy (non-hydrogen) atoms. The average Bonchev–Trinajstić information content (AvgIpc) is 2.30. The van der Waals surface area contributed by atoms with Crippen LogP contribution in [-0.2, 0) is 0 Å². The smallest absolute Gasteiger partial charge is 0.194 e. The third-order valence-electron chi connectivity index (χ3n) is 1.83. The molecule has 2 heterocycles. The normalized spacial score (nSPS) is 9.75. The van der Waals surface area contributed by atoms with Crippen molar-refractivity contribution in [2.24, 2.45) is 0 Å². The minimum absolute atomic E-state index is 0.550. The molecule has 0 N–H and O–H groups in total. The monoisotopic (exact) mass is 228 g/mol. The zero-order chi connectivity index (χ0) is 11.4. The van der Waals surface area contributed by atoms with E-state index in [0.29, 0.717) is 10.7 Å². The molecule has 0 spiro atoms. The third-order valence-corrected chi connectivity index (χ3v) is 2.66. The van der Waals surface area contributed by atoms with Gasteiger partial charge in [-0.2, -0.15) is 5.26 Å². The van der Waals surface area contributed by atoms with E-state index in [4.69, 9.17) is 5.26 Å². The van der Waals surface area contributed by atoms with Crippen molar-refractivity contribution in [3.8, 4) is 6.07 Å². The molecule has 0 amide bonds. The highest BCUT2D eigenvalue weighted by Crippen LogP contribution is 2.21. The summed E-state index contributed by atoms with van der Waals surface area (Å²) < 4.78 is 0. The van der Waals surface area contributed by atoms with Crippen molar-refractivity contribution in [3.63, 3.8) is 0 Å². The number of aromatic nitrogens is 3. The molecule has 0 saturated heterocycles. The van der Waals surface area contributed by atoms with Gasteiger partial charge in [-0.15, -0.1) is 0 Å². The van der Waals surface area contributed by atoms with Crippen LogP contribution in [-0.4, -0.2) is 15.0 Å². The molecule has 2 aromatic rings. The molecule has 2 rings (SSSR count). The lowest BCUT2D eigenvalue weighted by Gasteiger charge is -1.99. The van der Waals surface area contributed by atoms with Crippen LogP contribution in [0.5, 0.6) is 0 Å². The fourth-order valence-corrected chi connectivity index (χ4v) is 1.81. The topological polar surface area (TPSA) is 62.5 Å². The molecule has 2 aromatic heterocycles. The predicted molar refractivity (Wildman–Crippen MR) is 59.8 cm³/mol. The van der Waals surface area contributed by atoms with Crippen LogP contribution in [0.4, 0.5) is 0 Å². The number of aryl methyl sites for hydroxylation is 1. The second-order valence-electron chi connectivity index (χ2n) is 3.08. The number of nitrogens with zero attached hydrogens (tertiary/aromatic N) is 4. The first-order valence-electron chi connectivity index (χ1n) is 4.61. The SMILES string of the molecule is Cc1ccnc(Sc2ccc(C#N)cn2)n1. The fourth-order valence-electron chi connectivity index (χ4n) is 1.08. The summed E-state index contributed by atoms with van der Waals surface area (Å²) in [6, 6.07) is 7.38. The summed E-state index contributed by atoms with van der Waals surface area (Å²) in [5.74, 6) is 0. The third kappa shape index (κ3) is 2.55. The summed E-state index contributed by atoms with van der Waals surface area (Å²) in [7, 11) is 0. The van der Waals surface area contributed by atoms with Gasteiger partial charge < -0.3 is 0 Å². The lowest BCUT2D eigenvalue weighted by molar-refractivity contribution is 0.927. The van der Waals surface area contributed by atoms with Crippen LogP contribution in [0.2, 0.25) is 0 Å². The van der Waals surface area contributed by atoms with Gasteiger partial charge in [0.1, 0.15) is 11.1 Å². The van der Waals surface area contributed by atoms with Gasteiger partial charge in [0.25, 0.3) is 0 Å². The number of pyridine rings is 1. The van der Waals surface area contributed by atoms with Crippen LogP contribution in [0.25, 0.3) is 0 Å². The van der Waals surface area contributed by atoms with E-state index in [9.17, 15) is 0 Å². The molecular weight excluding hydrogens is 220 g/mol. The summed E-state index contributed by atoms with van der Waals surface area (Å²) >= 11 is 1.38. The average molecular weight is 228 g/mol. The summed E-state index contributed by atoms with van der Waals surface area (Å²) in [4.78, 5) is 12.5. The second kappa shape index (κ2) is 4.73. The molecule has 0 aliphatic heterocycles. The van der Waals surface area contributed by atoms with E-state index in [-0.39, 0.29) is 0 Å². The molecule has 0 bridgehead atoms. The van der Waals surface area contributed by atoms with Gasteiger partial charge in [0.2, 0.25) is 0 Å². The second-order valence-corrected chi connectivity index (χ2v) is 4.07. The molecule has 0 aliphatic rings. The van der Waals surface area contributed by atoms with E-state index in [1.54, 1.807) is 18.3 Å². The molecule has 0 saturated carbocycles. The molecule has 78 valence electrons. The summed E-state index contributed by atoms with van der Waals surface area (Å²) in [6.45, 7) is 1.91. The van der Waals surface area contributed by atoms with E-state index in [1.165, 1.54) is 18.0 Å². The van der Waals surface area contributed by atoms with E-state index in [2.05, 4.69) is 15.0 Å². The van der Waals surface area contributed by atoms with Gasteiger partial charge in [-0.3, -0.25) is 0 Å². The maximum absolute atomic E-state index is 8.63. The van der Waals surface area contributed by atoms with Crippen molar-refractivity contribution >= 4 is 11.8 Å². The Kier molecular flexibility index (Phi) is 3.13. The molecule has 0 aromatic carbocycles. The predicted octanol–water partition coefficient (Wildman–Crippen LogP) is 2.20. The Morgan fingerprint density at radius 1 is 1.25 bits per heavy atom. The van der Waals surface area contributed by atoms with E-state index in [0.717, 1.165) is 10.7 Å². The van der Waals surface area contributed by atoms with Gasteiger partial charge in [-0.1, -0.05) is 0 Å². The molecular formula is C11H8N4S. The lowest BCUT2D eigenvalue weighted by atomic mass is 10.3. The molecule has 0 atom stereocenters.